The smallest absolute Gasteiger partial charge is 0.342 e. The topological polar surface area (TPSA) is 96.6 Å². The molecule has 0 radical (unpaired) electrons. The first kappa shape index (κ1) is 18.7. The molecular weight excluding hydrogens is 322 g/mol. The van der Waals surface area contributed by atoms with Crippen LogP contribution in [0.5, 0.6) is 5.75 Å². The van der Waals surface area contributed by atoms with Crippen molar-refractivity contribution < 1.29 is 19.0 Å². The number of aryl methyl sites for hydroxylation is 1. The zero-order chi connectivity index (χ0) is 18.2. The number of hydrogen-bond acceptors (Lipinski definition) is 7. The molecule has 7 heteroatoms. The Morgan fingerprint density at radius 2 is 1.88 bits per heavy atom. The number of aromatic nitrogens is 2. The van der Waals surface area contributed by atoms with Gasteiger partial charge in [0.25, 0.3) is 0 Å². The molecule has 0 aliphatic carbocycles. The van der Waals surface area contributed by atoms with Crippen LogP contribution in [0.15, 0.2) is 24.3 Å². The molecular formula is C18H23N3O4. The first-order chi connectivity index (χ1) is 12.1. The lowest BCUT2D eigenvalue weighted by atomic mass is 10.0. The van der Waals surface area contributed by atoms with Crippen LogP contribution >= 0.6 is 0 Å². The summed E-state index contributed by atoms with van der Waals surface area (Å²) >= 11 is 0. The zero-order valence-electron chi connectivity index (χ0n) is 14.7. The Morgan fingerprint density at radius 1 is 1.12 bits per heavy atom. The third-order valence-electron chi connectivity index (χ3n) is 3.42. The number of rotatable bonds is 8. The Balaban J connectivity index is 2.45. The van der Waals surface area contributed by atoms with Crippen LogP contribution in [0.3, 0.4) is 0 Å². The van der Waals surface area contributed by atoms with E-state index in [-0.39, 0.29) is 18.1 Å². The van der Waals surface area contributed by atoms with Crippen molar-refractivity contribution in [2.45, 2.75) is 20.8 Å². The van der Waals surface area contributed by atoms with E-state index in [4.69, 9.17) is 19.9 Å². The van der Waals surface area contributed by atoms with Crippen molar-refractivity contribution in [3.63, 3.8) is 0 Å². The fraction of sp³-hybridized carbons (Fsp3) is 0.389. The average Bonchev–Trinajstić information content (AvgIpc) is 2.58. The minimum Gasteiger partial charge on any atom is -0.490 e. The highest BCUT2D eigenvalue weighted by Crippen LogP contribution is 2.32. The highest BCUT2D eigenvalue weighted by atomic mass is 16.5. The van der Waals surface area contributed by atoms with Crippen LogP contribution in [0.2, 0.25) is 0 Å². The summed E-state index contributed by atoms with van der Waals surface area (Å²) in [7, 11) is 0. The molecule has 134 valence electrons. The summed E-state index contributed by atoms with van der Waals surface area (Å²) in [6.07, 6.45) is 0. The van der Waals surface area contributed by atoms with Crippen molar-refractivity contribution in [2.24, 2.45) is 0 Å². The number of hydrogen-bond donors (Lipinski definition) is 1. The number of carbonyl (C=O) groups excluding carboxylic acids is 1. The van der Waals surface area contributed by atoms with Gasteiger partial charge in [0.15, 0.2) is 0 Å². The molecule has 1 heterocycles. The lowest BCUT2D eigenvalue weighted by Crippen LogP contribution is -2.14. The van der Waals surface area contributed by atoms with Gasteiger partial charge in [-0.05, 0) is 32.9 Å². The van der Waals surface area contributed by atoms with Crippen molar-refractivity contribution in [1.82, 2.24) is 9.97 Å². The molecule has 7 nitrogen and oxygen atoms in total. The van der Waals surface area contributed by atoms with Gasteiger partial charge in [0.2, 0.25) is 5.95 Å². The SMILES string of the molecule is CCOCCOc1ccccc1-c1nc(N)nc(C)c1C(=O)OCC. The first-order valence-electron chi connectivity index (χ1n) is 8.19. The van der Waals surface area contributed by atoms with Crippen LogP contribution in [-0.2, 0) is 9.47 Å². The summed E-state index contributed by atoms with van der Waals surface area (Å²) in [6, 6.07) is 7.32. The largest absolute Gasteiger partial charge is 0.490 e. The summed E-state index contributed by atoms with van der Waals surface area (Å²) in [5, 5.41) is 0. The van der Waals surface area contributed by atoms with E-state index < -0.39 is 5.97 Å². The molecule has 0 amide bonds. The summed E-state index contributed by atoms with van der Waals surface area (Å²) in [5.41, 5.74) is 7.60. The minimum atomic E-state index is -0.487. The summed E-state index contributed by atoms with van der Waals surface area (Å²) < 4.78 is 16.2. The molecule has 0 fully saturated rings. The number of nitrogen functional groups attached to an aromatic ring is 1. The molecule has 0 atom stereocenters. The third-order valence-corrected chi connectivity index (χ3v) is 3.42. The fourth-order valence-electron chi connectivity index (χ4n) is 2.38. The van der Waals surface area contributed by atoms with Gasteiger partial charge in [-0.3, -0.25) is 0 Å². The van der Waals surface area contributed by atoms with Crippen molar-refractivity contribution in [1.29, 1.82) is 0 Å². The normalized spacial score (nSPS) is 10.5. The molecule has 2 rings (SSSR count). The lowest BCUT2D eigenvalue weighted by molar-refractivity contribution is 0.0525. The van der Waals surface area contributed by atoms with Gasteiger partial charge in [0.1, 0.15) is 17.9 Å². The maximum absolute atomic E-state index is 12.4. The standard InChI is InChI=1S/C18H23N3O4/c1-4-23-10-11-25-14-9-7-6-8-13(14)16-15(17(22)24-5-2)12(3)20-18(19)21-16/h6-9H,4-5,10-11H2,1-3H3,(H2,19,20,21). The molecule has 0 aliphatic heterocycles. The zero-order valence-corrected chi connectivity index (χ0v) is 14.7. The first-order valence-corrected chi connectivity index (χ1v) is 8.19. The summed E-state index contributed by atoms with van der Waals surface area (Å²) in [4.78, 5) is 20.7. The number of nitrogens with zero attached hydrogens (tertiary/aromatic N) is 2. The number of esters is 1. The van der Waals surface area contributed by atoms with Gasteiger partial charge in [-0.15, -0.1) is 0 Å². The number of ether oxygens (including phenoxy) is 3. The molecule has 0 bridgehead atoms. The molecule has 1 aromatic carbocycles. The van der Waals surface area contributed by atoms with E-state index in [0.717, 1.165) is 0 Å². The van der Waals surface area contributed by atoms with Gasteiger partial charge in [-0.2, -0.15) is 0 Å². The molecule has 0 spiro atoms. The van der Waals surface area contributed by atoms with E-state index in [1.54, 1.807) is 13.8 Å². The van der Waals surface area contributed by atoms with E-state index in [1.165, 1.54) is 0 Å². The highest BCUT2D eigenvalue weighted by Gasteiger charge is 2.22. The predicted octanol–water partition coefficient (Wildman–Crippen LogP) is 2.63. The molecule has 0 saturated heterocycles. The van der Waals surface area contributed by atoms with E-state index in [9.17, 15) is 4.79 Å². The van der Waals surface area contributed by atoms with Gasteiger partial charge in [0.05, 0.1) is 24.6 Å². The molecule has 0 saturated carbocycles. The monoisotopic (exact) mass is 345 g/mol. The van der Waals surface area contributed by atoms with Crippen molar-refractivity contribution >= 4 is 11.9 Å². The van der Waals surface area contributed by atoms with E-state index in [1.807, 2.05) is 31.2 Å². The van der Waals surface area contributed by atoms with Gasteiger partial charge >= 0.3 is 5.97 Å². The molecule has 0 unspecified atom stereocenters. The van der Waals surface area contributed by atoms with Crippen LogP contribution in [0.25, 0.3) is 11.3 Å². The molecule has 2 aromatic rings. The second-order valence-electron chi connectivity index (χ2n) is 5.15. The van der Waals surface area contributed by atoms with Gasteiger partial charge in [-0.1, -0.05) is 12.1 Å². The van der Waals surface area contributed by atoms with E-state index in [2.05, 4.69) is 9.97 Å². The van der Waals surface area contributed by atoms with Gasteiger partial charge in [-0.25, -0.2) is 14.8 Å². The number of anilines is 1. The summed E-state index contributed by atoms with van der Waals surface area (Å²) in [6.45, 7) is 7.11. The van der Waals surface area contributed by atoms with Crippen molar-refractivity contribution in [3.8, 4) is 17.0 Å². The fourth-order valence-corrected chi connectivity index (χ4v) is 2.38. The van der Waals surface area contributed by atoms with Crippen LogP contribution in [0.1, 0.15) is 29.9 Å². The second-order valence-corrected chi connectivity index (χ2v) is 5.15. The third kappa shape index (κ3) is 4.67. The van der Waals surface area contributed by atoms with Crippen LogP contribution in [0, 0.1) is 6.92 Å². The van der Waals surface area contributed by atoms with Gasteiger partial charge < -0.3 is 19.9 Å². The maximum atomic E-state index is 12.4. The molecule has 0 aliphatic rings. The van der Waals surface area contributed by atoms with E-state index in [0.29, 0.717) is 42.5 Å². The summed E-state index contributed by atoms with van der Waals surface area (Å²) in [5.74, 6) is 0.189. The van der Waals surface area contributed by atoms with Crippen molar-refractivity contribution in [3.05, 3.63) is 35.5 Å². The molecule has 2 N–H and O–H groups in total. The molecule has 1 aromatic heterocycles. The predicted molar refractivity (Wildman–Crippen MR) is 94.6 cm³/mol. The van der Waals surface area contributed by atoms with Crippen molar-refractivity contribution in [2.75, 3.05) is 32.2 Å². The minimum absolute atomic E-state index is 0.0877. The van der Waals surface area contributed by atoms with Crippen LogP contribution in [-0.4, -0.2) is 42.4 Å². The maximum Gasteiger partial charge on any atom is 0.342 e. The number of benzene rings is 1. The quantitative estimate of drug-likeness (QED) is 0.580. The number of nitrogens with two attached hydrogens (primary N) is 1. The second kappa shape index (κ2) is 8.98. The van der Waals surface area contributed by atoms with Crippen LogP contribution < -0.4 is 10.5 Å². The number of carbonyl (C=O) groups is 1. The Labute approximate surface area is 147 Å². The number of para-hydroxylation sites is 1. The highest BCUT2D eigenvalue weighted by molar-refractivity contribution is 5.98. The Kier molecular flexibility index (Phi) is 6.71. The average molecular weight is 345 g/mol. The Hall–Kier alpha value is -2.67. The Morgan fingerprint density at radius 3 is 2.60 bits per heavy atom. The Bertz CT molecular complexity index is 734. The lowest BCUT2D eigenvalue weighted by Gasteiger charge is -2.15. The van der Waals surface area contributed by atoms with Crippen LogP contribution in [0.4, 0.5) is 5.95 Å². The van der Waals surface area contributed by atoms with Gasteiger partial charge in [0, 0.05) is 12.2 Å². The van der Waals surface area contributed by atoms with E-state index >= 15 is 0 Å². The molecule has 25 heavy (non-hydrogen) atoms.